The van der Waals surface area contributed by atoms with E-state index in [1.54, 1.807) is 17.0 Å². The van der Waals surface area contributed by atoms with Crippen molar-refractivity contribution in [2.24, 2.45) is 0 Å². The quantitative estimate of drug-likeness (QED) is 0.854. The Morgan fingerprint density at radius 3 is 2.38 bits per heavy atom. The number of rotatable bonds is 4. The molecule has 24 heavy (non-hydrogen) atoms. The Labute approximate surface area is 142 Å². The molecule has 0 saturated heterocycles. The maximum absolute atomic E-state index is 13.2. The fourth-order valence-corrected chi connectivity index (χ4v) is 3.64. The SMILES string of the molecule is CN([C@@H](C(=O)N1CCc2ccccc21)c1ccccc1)S(C)(=O)=O. The van der Waals surface area contributed by atoms with E-state index in [0.717, 1.165) is 28.2 Å². The second kappa shape index (κ2) is 6.37. The van der Waals surface area contributed by atoms with Gasteiger partial charge in [0.1, 0.15) is 6.04 Å². The number of nitrogens with zero attached hydrogens (tertiary/aromatic N) is 2. The monoisotopic (exact) mass is 344 g/mol. The molecule has 6 heteroatoms. The summed E-state index contributed by atoms with van der Waals surface area (Å²) in [6.45, 7) is 0.569. The van der Waals surface area contributed by atoms with E-state index < -0.39 is 16.1 Å². The standard InChI is InChI=1S/C18H20N2O3S/c1-19(24(2,22)23)17(15-9-4-3-5-10-15)18(21)20-13-12-14-8-6-7-11-16(14)20/h3-11,17H,12-13H2,1-2H3/t17-/m1/s1. The van der Waals surface area contributed by atoms with E-state index in [1.165, 1.54) is 7.05 Å². The van der Waals surface area contributed by atoms with Crippen LogP contribution in [0.1, 0.15) is 17.2 Å². The Kier molecular flexibility index (Phi) is 4.43. The second-order valence-corrected chi connectivity index (χ2v) is 8.00. The first kappa shape index (κ1) is 16.7. The number of amides is 1. The van der Waals surface area contributed by atoms with Crippen molar-refractivity contribution in [2.45, 2.75) is 12.5 Å². The van der Waals surface area contributed by atoms with Crippen LogP contribution in [0.4, 0.5) is 5.69 Å². The first-order valence-corrected chi connectivity index (χ1v) is 9.61. The molecular formula is C18H20N2O3S. The first-order valence-electron chi connectivity index (χ1n) is 7.77. The van der Waals surface area contributed by atoms with Crippen LogP contribution in [0.5, 0.6) is 0 Å². The average Bonchev–Trinajstić information content (AvgIpc) is 2.99. The lowest BCUT2D eigenvalue weighted by Gasteiger charge is -2.29. The number of carbonyl (C=O) groups excluding carboxylic acids is 1. The minimum absolute atomic E-state index is 0.223. The van der Waals surface area contributed by atoms with Gasteiger partial charge in [0.05, 0.1) is 6.26 Å². The topological polar surface area (TPSA) is 57.7 Å². The molecule has 1 heterocycles. The minimum Gasteiger partial charge on any atom is -0.310 e. The highest BCUT2D eigenvalue weighted by Crippen LogP contribution is 2.32. The number of anilines is 1. The fraction of sp³-hybridized carbons (Fsp3) is 0.278. The summed E-state index contributed by atoms with van der Waals surface area (Å²) in [6, 6.07) is 15.9. The Bertz CT molecular complexity index is 850. The molecule has 0 aliphatic carbocycles. The van der Waals surface area contributed by atoms with E-state index in [1.807, 2.05) is 42.5 Å². The van der Waals surface area contributed by atoms with Gasteiger partial charge >= 0.3 is 0 Å². The second-order valence-electron chi connectivity index (χ2n) is 5.96. The zero-order chi connectivity index (χ0) is 17.3. The Morgan fingerprint density at radius 1 is 1.08 bits per heavy atom. The van der Waals surface area contributed by atoms with E-state index in [-0.39, 0.29) is 5.91 Å². The van der Waals surface area contributed by atoms with Gasteiger partial charge < -0.3 is 4.90 Å². The number of hydrogen-bond donors (Lipinski definition) is 0. The third-order valence-electron chi connectivity index (χ3n) is 4.39. The van der Waals surface area contributed by atoms with Gasteiger partial charge in [-0.3, -0.25) is 4.79 Å². The molecule has 0 unspecified atom stereocenters. The highest BCUT2D eigenvalue weighted by atomic mass is 32.2. The van der Waals surface area contributed by atoms with Crippen LogP contribution >= 0.6 is 0 Å². The van der Waals surface area contributed by atoms with Crippen LogP contribution in [0.25, 0.3) is 0 Å². The molecule has 0 fully saturated rings. The van der Waals surface area contributed by atoms with E-state index in [4.69, 9.17) is 0 Å². The van der Waals surface area contributed by atoms with Crippen LogP contribution in [0.2, 0.25) is 0 Å². The van der Waals surface area contributed by atoms with Crippen molar-refractivity contribution in [1.29, 1.82) is 0 Å². The zero-order valence-corrected chi connectivity index (χ0v) is 14.5. The van der Waals surface area contributed by atoms with Gasteiger partial charge in [0, 0.05) is 19.3 Å². The lowest BCUT2D eigenvalue weighted by molar-refractivity contribution is -0.122. The maximum atomic E-state index is 13.2. The summed E-state index contributed by atoms with van der Waals surface area (Å²) in [5.74, 6) is -0.223. The predicted octanol–water partition coefficient (Wildman–Crippen LogP) is 2.21. The number of benzene rings is 2. The van der Waals surface area contributed by atoms with Crippen molar-refractivity contribution >= 4 is 21.6 Å². The molecule has 1 aliphatic rings. The maximum Gasteiger partial charge on any atom is 0.249 e. The summed E-state index contributed by atoms with van der Waals surface area (Å²) in [6.07, 6.45) is 1.90. The third-order valence-corrected chi connectivity index (χ3v) is 5.65. The summed E-state index contributed by atoms with van der Waals surface area (Å²) in [5.41, 5.74) is 2.64. The summed E-state index contributed by atoms with van der Waals surface area (Å²) >= 11 is 0. The molecule has 0 saturated carbocycles. The van der Waals surface area contributed by atoms with Crippen LogP contribution in [0, 0.1) is 0 Å². The summed E-state index contributed by atoms with van der Waals surface area (Å²) in [7, 11) is -2.07. The summed E-state index contributed by atoms with van der Waals surface area (Å²) in [5, 5.41) is 0. The minimum atomic E-state index is -3.52. The van der Waals surface area contributed by atoms with Crippen LogP contribution in [-0.2, 0) is 21.2 Å². The van der Waals surface area contributed by atoms with Crippen molar-refractivity contribution in [3.8, 4) is 0 Å². The smallest absolute Gasteiger partial charge is 0.249 e. The summed E-state index contributed by atoms with van der Waals surface area (Å²) in [4.78, 5) is 14.9. The van der Waals surface area contributed by atoms with Gasteiger partial charge in [-0.25, -0.2) is 8.42 Å². The normalized spacial score (nSPS) is 15.4. The van der Waals surface area contributed by atoms with Crippen LogP contribution in [0.15, 0.2) is 54.6 Å². The van der Waals surface area contributed by atoms with Gasteiger partial charge in [-0.1, -0.05) is 48.5 Å². The molecule has 0 aromatic heterocycles. The van der Waals surface area contributed by atoms with Crippen molar-refractivity contribution in [2.75, 3.05) is 24.7 Å². The predicted molar refractivity (Wildman–Crippen MR) is 94.3 cm³/mol. The third kappa shape index (κ3) is 3.07. The van der Waals surface area contributed by atoms with Crippen molar-refractivity contribution < 1.29 is 13.2 Å². The van der Waals surface area contributed by atoms with Crippen LogP contribution in [0.3, 0.4) is 0 Å². The van der Waals surface area contributed by atoms with Gasteiger partial charge in [0.25, 0.3) is 0 Å². The lowest BCUT2D eigenvalue weighted by atomic mass is 10.1. The molecule has 5 nitrogen and oxygen atoms in total. The molecule has 1 aliphatic heterocycles. The van der Waals surface area contributed by atoms with E-state index in [2.05, 4.69) is 0 Å². The zero-order valence-electron chi connectivity index (χ0n) is 13.7. The highest BCUT2D eigenvalue weighted by molar-refractivity contribution is 7.88. The molecular weight excluding hydrogens is 324 g/mol. The molecule has 0 spiro atoms. The van der Waals surface area contributed by atoms with Gasteiger partial charge in [-0.2, -0.15) is 4.31 Å². The molecule has 3 rings (SSSR count). The first-order chi connectivity index (χ1) is 11.4. The molecule has 2 aromatic rings. The van der Waals surface area contributed by atoms with E-state index in [9.17, 15) is 13.2 Å². The van der Waals surface area contributed by atoms with Crippen molar-refractivity contribution in [3.05, 3.63) is 65.7 Å². The van der Waals surface area contributed by atoms with Gasteiger partial charge in [0.2, 0.25) is 15.9 Å². The van der Waals surface area contributed by atoms with Gasteiger partial charge in [0.15, 0.2) is 0 Å². The number of sulfonamides is 1. The molecule has 0 N–H and O–H groups in total. The van der Waals surface area contributed by atoms with E-state index >= 15 is 0 Å². The molecule has 1 amide bonds. The van der Waals surface area contributed by atoms with Gasteiger partial charge in [-0.05, 0) is 23.6 Å². The molecule has 2 aromatic carbocycles. The number of fused-ring (bicyclic) bond motifs is 1. The van der Waals surface area contributed by atoms with Gasteiger partial charge in [-0.15, -0.1) is 0 Å². The summed E-state index contributed by atoms with van der Waals surface area (Å²) < 4.78 is 25.3. The number of likely N-dealkylation sites (N-methyl/N-ethyl adjacent to an activating group) is 1. The average molecular weight is 344 g/mol. The van der Waals surface area contributed by atoms with E-state index in [0.29, 0.717) is 12.1 Å². The number of carbonyl (C=O) groups is 1. The highest BCUT2D eigenvalue weighted by Gasteiger charge is 2.36. The Balaban J connectivity index is 2.02. The molecule has 1 atom stereocenters. The lowest BCUT2D eigenvalue weighted by Crippen LogP contribution is -2.43. The van der Waals surface area contributed by atoms with Crippen LogP contribution < -0.4 is 4.90 Å². The van der Waals surface area contributed by atoms with Crippen LogP contribution in [-0.4, -0.2) is 38.5 Å². The fourth-order valence-electron chi connectivity index (χ4n) is 3.05. The largest absolute Gasteiger partial charge is 0.310 e. The number of hydrogen-bond acceptors (Lipinski definition) is 3. The van der Waals surface area contributed by atoms with Crippen molar-refractivity contribution in [1.82, 2.24) is 4.31 Å². The molecule has 0 radical (unpaired) electrons. The molecule has 0 bridgehead atoms. The Morgan fingerprint density at radius 2 is 1.71 bits per heavy atom. The molecule has 126 valence electrons. The number of para-hydroxylation sites is 1. The Hall–Kier alpha value is -2.18. The van der Waals surface area contributed by atoms with Crippen molar-refractivity contribution in [3.63, 3.8) is 0 Å².